The largest absolute Gasteiger partial charge is 0.395 e. The van der Waals surface area contributed by atoms with Crippen molar-refractivity contribution < 1.29 is 4.39 Å². The molecule has 6 heteroatoms. The third-order valence-corrected chi connectivity index (χ3v) is 4.98. The summed E-state index contributed by atoms with van der Waals surface area (Å²) in [4.78, 5) is 12.1. The first-order valence-electron chi connectivity index (χ1n) is 6.95. The highest BCUT2D eigenvalue weighted by molar-refractivity contribution is 7.99. The topological polar surface area (TPSA) is 60.0 Å². The molecule has 0 fully saturated rings. The molecule has 0 spiro atoms. The Morgan fingerprint density at radius 2 is 2.29 bits per heavy atom. The van der Waals surface area contributed by atoms with E-state index in [0.29, 0.717) is 17.9 Å². The van der Waals surface area contributed by atoms with Crippen molar-refractivity contribution in [2.24, 2.45) is 5.92 Å². The second-order valence-corrected chi connectivity index (χ2v) is 6.62. The van der Waals surface area contributed by atoms with Crippen LogP contribution in [0.4, 0.5) is 15.8 Å². The number of aromatic nitrogens is 1. The van der Waals surface area contributed by atoms with Gasteiger partial charge in [0, 0.05) is 24.3 Å². The van der Waals surface area contributed by atoms with Crippen LogP contribution in [0.25, 0.3) is 0 Å². The van der Waals surface area contributed by atoms with Crippen molar-refractivity contribution in [2.75, 3.05) is 16.8 Å². The first-order valence-corrected chi connectivity index (χ1v) is 7.94. The van der Waals surface area contributed by atoms with Crippen molar-refractivity contribution in [3.8, 4) is 0 Å². The number of allylic oxidation sites excluding steroid dienone is 2. The van der Waals surface area contributed by atoms with Crippen LogP contribution in [0.1, 0.15) is 13.8 Å². The summed E-state index contributed by atoms with van der Waals surface area (Å²) in [5, 5.41) is 3.88. The standard InChI is InChI=1S/C15H18FN3OS/c1-8-5-9(2)14(10(16)6-8)18-11-7-12(20)19-3-4-21-15(19)13(11)17/h5-7,9,14,18H,3-4,17H2,1-2H3. The molecule has 2 unspecified atom stereocenters. The summed E-state index contributed by atoms with van der Waals surface area (Å²) in [6.07, 6.45) is 3.52. The van der Waals surface area contributed by atoms with Crippen LogP contribution in [0.3, 0.4) is 0 Å². The lowest BCUT2D eigenvalue weighted by Gasteiger charge is -2.27. The van der Waals surface area contributed by atoms with Gasteiger partial charge in [-0.05, 0) is 13.0 Å². The van der Waals surface area contributed by atoms with Crippen molar-refractivity contribution >= 4 is 23.1 Å². The number of halogens is 1. The molecule has 0 bridgehead atoms. The molecular weight excluding hydrogens is 289 g/mol. The van der Waals surface area contributed by atoms with Crippen LogP contribution in [0.15, 0.2) is 39.4 Å². The van der Waals surface area contributed by atoms with Crippen LogP contribution in [0.2, 0.25) is 0 Å². The van der Waals surface area contributed by atoms with Gasteiger partial charge >= 0.3 is 0 Å². The Morgan fingerprint density at radius 3 is 3.00 bits per heavy atom. The van der Waals surface area contributed by atoms with E-state index in [2.05, 4.69) is 5.32 Å². The molecular formula is C15H18FN3OS. The highest BCUT2D eigenvalue weighted by Crippen LogP contribution is 2.35. The minimum Gasteiger partial charge on any atom is -0.395 e. The number of thioether (sulfide) groups is 1. The molecule has 1 aliphatic heterocycles. The zero-order valence-corrected chi connectivity index (χ0v) is 12.8. The summed E-state index contributed by atoms with van der Waals surface area (Å²) in [6.45, 7) is 4.50. The Kier molecular flexibility index (Phi) is 3.57. The molecule has 0 saturated heterocycles. The maximum atomic E-state index is 14.2. The van der Waals surface area contributed by atoms with Gasteiger partial charge in [-0.3, -0.25) is 4.79 Å². The molecule has 0 saturated carbocycles. The Balaban J connectivity index is 1.95. The van der Waals surface area contributed by atoms with E-state index < -0.39 is 6.04 Å². The molecule has 0 aromatic carbocycles. The minimum atomic E-state index is -0.482. The number of nitrogens with two attached hydrogens (primary N) is 1. The van der Waals surface area contributed by atoms with E-state index in [9.17, 15) is 9.18 Å². The number of rotatable bonds is 2. The number of nitrogen functional groups attached to an aromatic ring is 1. The number of anilines is 2. The van der Waals surface area contributed by atoms with Gasteiger partial charge in [-0.15, -0.1) is 11.8 Å². The molecule has 1 aromatic heterocycles. The predicted molar refractivity (Wildman–Crippen MR) is 85.4 cm³/mol. The van der Waals surface area contributed by atoms with Crippen LogP contribution in [0.5, 0.6) is 0 Å². The van der Waals surface area contributed by atoms with Gasteiger partial charge < -0.3 is 15.6 Å². The Labute approximate surface area is 126 Å². The van der Waals surface area contributed by atoms with Crippen LogP contribution >= 0.6 is 11.8 Å². The maximum Gasteiger partial charge on any atom is 0.253 e. The van der Waals surface area contributed by atoms with E-state index in [0.717, 1.165) is 16.4 Å². The molecule has 3 rings (SSSR count). The van der Waals surface area contributed by atoms with Crippen LogP contribution in [0, 0.1) is 5.92 Å². The normalized spacial score (nSPS) is 24.3. The van der Waals surface area contributed by atoms with Crippen LogP contribution in [-0.4, -0.2) is 16.4 Å². The molecule has 3 N–H and O–H groups in total. The summed E-state index contributed by atoms with van der Waals surface area (Å²) >= 11 is 1.56. The molecule has 4 nitrogen and oxygen atoms in total. The third-order valence-electron chi connectivity index (χ3n) is 3.88. The average molecular weight is 307 g/mol. The van der Waals surface area contributed by atoms with Gasteiger partial charge in [-0.25, -0.2) is 4.39 Å². The second-order valence-electron chi connectivity index (χ2n) is 5.54. The summed E-state index contributed by atoms with van der Waals surface area (Å²) in [5.41, 5.74) is 8.01. The molecule has 2 aliphatic rings. The van der Waals surface area contributed by atoms with Gasteiger partial charge in [0.15, 0.2) is 0 Å². The molecule has 0 radical (unpaired) electrons. The van der Waals surface area contributed by atoms with Crippen molar-refractivity contribution in [1.82, 2.24) is 4.57 Å². The van der Waals surface area contributed by atoms with Crippen molar-refractivity contribution in [3.63, 3.8) is 0 Å². The smallest absolute Gasteiger partial charge is 0.253 e. The fourth-order valence-electron chi connectivity index (χ4n) is 2.85. The fraction of sp³-hybridized carbons (Fsp3) is 0.400. The molecule has 2 heterocycles. The summed E-state index contributed by atoms with van der Waals surface area (Å²) in [5.74, 6) is 0.618. The lowest BCUT2D eigenvalue weighted by Crippen LogP contribution is -2.31. The Bertz CT molecular complexity index is 708. The van der Waals surface area contributed by atoms with Gasteiger partial charge in [0.05, 0.1) is 17.4 Å². The summed E-state index contributed by atoms with van der Waals surface area (Å²) in [7, 11) is 0. The van der Waals surface area contributed by atoms with E-state index in [1.807, 2.05) is 19.9 Å². The molecule has 2 atom stereocenters. The molecule has 21 heavy (non-hydrogen) atoms. The van der Waals surface area contributed by atoms with E-state index in [-0.39, 0.29) is 17.3 Å². The number of pyridine rings is 1. The maximum absolute atomic E-state index is 14.2. The fourth-order valence-corrected chi connectivity index (χ4v) is 3.92. The van der Waals surface area contributed by atoms with Gasteiger partial charge in [0.2, 0.25) is 0 Å². The summed E-state index contributed by atoms with van der Waals surface area (Å²) < 4.78 is 15.8. The van der Waals surface area contributed by atoms with Gasteiger partial charge in [0.1, 0.15) is 10.9 Å². The predicted octanol–water partition coefficient (Wildman–Crippen LogP) is 2.77. The number of nitrogens with zero attached hydrogens (tertiary/aromatic N) is 1. The third kappa shape index (κ3) is 2.48. The molecule has 0 amide bonds. The molecule has 112 valence electrons. The van der Waals surface area contributed by atoms with Crippen molar-refractivity contribution in [1.29, 1.82) is 0 Å². The first-order chi connectivity index (χ1) is 9.97. The zero-order valence-electron chi connectivity index (χ0n) is 12.0. The number of nitrogens with one attached hydrogen (secondary N) is 1. The first kappa shape index (κ1) is 14.3. The lowest BCUT2D eigenvalue weighted by atomic mass is 9.92. The Hall–Kier alpha value is -1.69. The van der Waals surface area contributed by atoms with E-state index in [1.54, 1.807) is 16.3 Å². The second kappa shape index (κ2) is 5.26. The zero-order chi connectivity index (χ0) is 15.1. The lowest BCUT2D eigenvalue weighted by molar-refractivity contribution is 0.490. The minimum absolute atomic E-state index is 0.00179. The van der Waals surface area contributed by atoms with E-state index in [4.69, 9.17) is 5.73 Å². The molecule has 1 aliphatic carbocycles. The monoisotopic (exact) mass is 307 g/mol. The van der Waals surface area contributed by atoms with Crippen molar-refractivity contribution in [2.45, 2.75) is 31.5 Å². The average Bonchev–Trinajstić information content (AvgIpc) is 2.89. The van der Waals surface area contributed by atoms with E-state index >= 15 is 0 Å². The highest BCUT2D eigenvalue weighted by Gasteiger charge is 2.26. The summed E-state index contributed by atoms with van der Waals surface area (Å²) in [6, 6.07) is 0.987. The quantitative estimate of drug-likeness (QED) is 0.882. The van der Waals surface area contributed by atoms with E-state index in [1.165, 1.54) is 12.1 Å². The van der Waals surface area contributed by atoms with Crippen LogP contribution in [-0.2, 0) is 6.54 Å². The molecule has 1 aromatic rings. The van der Waals surface area contributed by atoms with Gasteiger partial charge in [0.25, 0.3) is 5.56 Å². The Morgan fingerprint density at radius 1 is 1.52 bits per heavy atom. The number of hydrogen-bond donors (Lipinski definition) is 2. The SMILES string of the molecule is CC1=CC(C)C(Nc2cc(=O)n3c(c2N)SCC3)C(F)=C1. The highest BCUT2D eigenvalue weighted by atomic mass is 32.2. The number of hydrogen-bond acceptors (Lipinski definition) is 4. The van der Waals surface area contributed by atoms with Crippen LogP contribution < -0.4 is 16.6 Å². The van der Waals surface area contributed by atoms with Gasteiger partial charge in [-0.2, -0.15) is 0 Å². The number of fused-ring (bicyclic) bond motifs is 1. The van der Waals surface area contributed by atoms with Gasteiger partial charge in [-0.1, -0.05) is 18.6 Å². The van der Waals surface area contributed by atoms with Crippen molar-refractivity contribution in [3.05, 3.63) is 40.0 Å².